The molecule has 2 aromatic rings. The van der Waals surface area contributed by atoms with Gasteiger partial charge in [0.2, 0.25) is 0 Å². The van der Waals surface area contributed by atoms with E-state index < -0.39 is 11.8 Å². The Morgan fingerprint density at radius 3 is 2.31 bits per heavy atom. The molecule has 2 N–H and O–H groups in total. The zero-order chi connectivity index (χ0) is 20.6. The van der Waals surface area contributed by atoms with E-state index in [-0.39, 0.29) is 0 Å². The molecule has 0 aromatic heterocycles. The maximum atomic E-state index is 12.0. The molecule has 0 radical (unpaired) electrons. The second-order valence-corrected chi connectivity index (χ2v) is 7.83. The van der Waals surface area contributed by atoms with Crippen LogP contribution >= 0.6 is 0 Å². The van der Waals surface area contributed by atoms with Crippen LogP contribution in [0.25, 0.3) is 0 Å². The van der Waals surface area contributed by atoms with Gasteiger partial charge in [0.05, 0.1) is 0 Å². The molecule has 1 saturated heterocycles. The van der Waals surface area contributed by atoms with Crippen LogP contribution in [0.15, 0.2) is 42.5 Å². The third kappa shape index (κ3) is 6.08. The molecule has 29 heavy (non-hydrogen) atoms. The zero-order valence-corrected chi connectivity index (χ0v) is 17.5. The molecule has 0 unspecified atom stereocenters. The molecule has 2 amide bonds. The molecule has 1 aliphatic heterocycles. The molecule has 5 nitrogen and oxygen atoms in total. The lowest BCUT2D eigenvalue weighted by Crippen LogP contribution is -2.36. The molecule has 5 heteroatoms. The molecular weight excluding hydrogens is 362 g/mol. The van der Waals surface area contributed by atoms with E-state index in [4.69, 9.17) is 0 Å². The zero-order valence-electron chi connectivity index (χ0n) is 17.5. The van der Waals surface area contributed by atoms with Crippen LogP contribution in [0.4, 0.5) is 11.4 Å². The minimum absolute atomic E-state index is 0.479. The Labute approximate surface area is 173 Å². The fraction of sp³-hybridized carbons (Fsp3) is 0.417. The van der Waals surface area contributed by atoms with Gasteiger partial charge < -0.3 is 15.5 Å². The van der Waals surface area contributed by atoms with Crippen LogP contribution < -0.4 is 15.5 Å². The predicted octanol–water partition coefficient (Wildman–Crippen LogP) is 3.98. The quantitative estimate of drug-likeness (QED) is 0.576. The van der Waals surface area contributed by atoms with E-state index in [1.807, 2.05) is 26.0 Å². The highest BCUT2D eigenvalue weighted by molar-refractivity contribution is 6.39. The fourth-order valence-electron chi connectivity index (χ4n) is 3.61. The largest absolute Gasteiger partial charge is 0.372 e. The average molecular weight is 394 g/mol. The van der Waals surface area contributed by atoms with Gasteiger partial charge in [0.15, 0.2) is 0 Å². The van der Waals surface area contributed by atoms with Crippen LogP contribution in [0.3, 0.4) is 0 Å². The number of rotatable bonds is 6. The van der Waals surface area contributed by atoms with Gasteiger partial charge in [-0.3, -0.25) is 9.59 Å². The monoisotopic (exact) mass is 393 g/mol. The first kappa shape index (κ1) is 20.9. The number of hydrogen-bond donors (Lipinski definition) is 2. The summed E-state index contributed by atoms with van der Waals surface area (Å²) in [5.74, 6) is -1.22. The number of piperidine rings is 1. The highest BCUT2D eigenvalue weighted by atomic mass is 16.2. The van der Waals surface area contributed by atoms with Crippen molar-refractivity contribution in [2.45, 2.75) is 46.0 Å². The van der Waals surface area contributed by atoms with Crippen LogP contribution in [0.2, 0.25) is 0 Å². The number of nitrogens with zero attached hydrogens (tertiary/aromatic N) is 1. The van der Waals surface area contributed by atoms with Crippen molar-refractivity contribution in [3.8, 4) is 0 Å². The fourth-order valence-corrected chi connectivity index (χ4v) is 3.61. The number of amides is 2. The van der Waals surface area contributed by atoms with Crippen molar-refractivity contribution in [2.24, 2.45) is 0 Å². The van der Waals surface area contributed by atoms with Gasteiger partial charge in [0.1, 0.15) is 0 Å². The summed E-state index contributed by atoms with van der Waals surface area (Å²) in [6, 6.07) is 14.3. The lowest BCUT2D eigenvalue weighted by Gasteiger charge is -2.28. The standard InChI is InChI=1S/C24H31N3O2/c1-18-8-11-21(17-19(18)2)26-24(29)23(28)25-14-6-7-20-9-12-22(13-10-20)27-15-4-3-5-16-27/h8-13,17H,3-7,14-16H2,1-2H3,(H,25,28)(H,26,29). The van der Waals surface area contributed by atoms with Crippen LogP contribution in [0.5, 0.6) is 0 Å². The first-order valence-electron chi connectivity index (χ1n) is 10.5. The number of benzene rings is 2. The maximum absolute atomic E-state index is 12.0. The van der Waals surface area contributed by atoms with Gasteiger partial charge in [-0.05, 0) is 86.9 Å². The molecule has 1 fully saturated rings. The summed E-state index contributed by atoms with van der Waals surface area (Å²) in [6.07, 6.45) is 5.56. The number of hydrogen-bond acceptors (Lipinski definition) is 3. The Morgan fingerprint density at radius 2 is 1.62 bits per heavy atom. The highest BCUT2D eigenvalue weighted by Gasteiger charge is 2.13. The number of aryl methyl sites for hydroxylation is 3. The summed E-state index contributed by atoms with van der Waals surface area (Å²) >= 11 is 0. The number of carbonyl (C=O) groups is 2. The first-order chi connectivity index (χ1) is 14.0. The summed E-state index contributed by atoms with van der Waals surface area (Å²) in [6.45, 7) is 6.76. The molecular formula is C24H31N3O2. The highest BCUT2D eigenvalue weighted by Crippen LogP contribution is 2.20. The second kappa shape index (κ2) is 10.1. The van der Waals surface area contributed by atoms with Crippen LogP contribution in [-0.2, 0) is 16.0 Å². The summed E-state index contributed by atoms with van der Waals surface area (Å²) in [4.78, 5) is 26.5. The van der Waals surface area contributed by atoms with Crippen molar-refractivity contribution in [2.75, 3.05) is 29.9 Å². The summed E-state index contributed by atoms with van der Waals surface area (Å²) in [5.41, 5.74) is 5.41. The third-order valence-electron chi connectivity index (χ3n) is 5.56. The summed E-state index contributed by atoms with van der Waals surface area (Å²) < 4.78 is 0. The number of nitrogens with one attached hydrogen (secondary N) is 2. The van der Waals surface area contributed by atoms with E-state index in [1.54, 1.807) is 6.07 Å². The number of carbonyl (C=O) groups excluding carboxylic acids is 2. The molecule has 2 aromatic carbocycles. The van der Waals surface area contributed by atoms with Gasteiger partial charge in [-0.1, -0.05) is 18.2 Å². The molecule has 0 spiro atoms. The minimum Gasteiger partial charge on any atom is -0.372 e. The second-order valence-electron chi connectivity index (χ2n) is 7.83. The van der Waals surface area contributed by atoms with E-state index in [0.717, 1.165) is 37.1 Å². The molecule has 0 atom stereocenters. The minimum atomic E-state index is -0.626. The SMILES string of the molecule is Cc1ccc(NC(=O)C(=O)NCCCc2ccc(N3CCCCC3)cc2)cc1C. The molecule has 154 valence electrons. The normalized spacial score (nSPS) is 13.8. The van der Waals surface area contributed by atoms with Crippen molar-refractivity contribution in [3.05, 3.63) is 59.2 Å². The first-order valence-corrected chi connectivity index (χ1v) is 10.5. The van der Waals surface area contributed by atoms with Gasteiger partial charge in [-0.25, -0.2) is 0 Å². The van der Waals surface area contributed by atoms with E-state index in [0.29, 0.717) is 12.2 Å². The molecule has 0 saturated carbocycles. The molecule has 0 aliphatic carbocycles. The van der Waals surface area contributed by atoms with E-state index in [1.165, 1.54) is 30.5 Å². The van der Waals surface area contributed by atoms with Gasteiger partial charge in [-0.15, -0.1) is 0 Å². The Kier molecular flexibility index (Phi) is 7.28. The topological polar surface area (TPSA) is 61.4 Å². The van der Waals surface area contributed by atoms with Crippen molar-refractivity contribution >= 4 is 23.2 Å². The van der Waals surface area contributed by atoms with Crippen molar-refractivity contribution in [1.82, 2.24) is 5.32 Å². The van der Waals surface area contributed by atoms with Crippen LogP contribution in [-0.4, -0.2) is 31.4 Å². The Morgan fingerprint density at radius 1 is 0.897 bits per heavy atom. The lowest BCUT2D eigenvalue weighted by molar-refractivity contribution is -0.136. The Bertz CT molecular complexity index is 840. The van der Waals surface area contributed by atoms with Gasteiger partial charge in [0.25, 0.3) is 0 Å². The van der Waals surface area contributed by atoms with Crippen molar-refractivity contribution < 1.29 is 9.59 Å². The van der Waals surface area contributed by atoms with Gasteiger partial charge >= 0.3 is 11.8 Å². The summed E-state index contributed by atoms with van der Waals surface area (Å²) in [5, 5.41) is 5.35. The van der Waals surface area contributed by atoms with E-state index >= 15 is 0 Å². The molecule has 1 aliphatic rings. The predicted molar refractivity (Wildman–Crippen MR) is 118 cm³/mol. The van der Waals surface area contributed by atoms with Crippen LogP contribution in [0.1, 0.15) is 42.4 Å². The van der Waals surface area contributed by atoms with E-state index in [9.17, 15) is 9.59 Å². The van der Waals surface area contributed by atoms with E-state index in [2.05, 4.69) is 39.8 Å². The van der Waals surface area contributed by atoms with Crippen molar-refractivity contribution in [1.29, 1.82) is 0 Å². The summed E-state index contributed by atoms with van der Waals surface area (Å²) in [7, 11) is 0. The maximum Gasteiger partial charge on any atom is 0.313 e. The van der Waals surface area contributed by atoms with Crippen LogP contribution in [0, 0.1) is 13.8 Å². The van der Waals surface area contributed by atoms with Gasteiger partial charge in [-0.2, -0.15) is 0 Å². The molecule has 3 rings (SSSR count). The number of anilines is 2. The lowest BCUT2D eigenvalue weighted by atomic mass is 10.1. The molecule has 1 heterocycles. The van der Waals surface area contributed by atoms with Crippen molar-refractivity contribution in [3.63, 3.8) is 0 Å². The average Bonchev–Trinajstić information content (AvgIpc) is 2.74. The third-order valence-corrected chi connectivity index (χ3v) is 5.56. The molecule has 0 bridgehead atoms. The Balaban J connectivity index is 1.38. The smallest absolute Gasteiger partial charge is 0.313 e. The Hall–Kier alpha value is -2.82. The van der Waals surface area contributed by atoms with Gasteiger partial charge in [0, 0.05) is 31.0 Å².